The van der Waals surface area contributed by atoms with E-state index in [1.54, 1.807) is 0 Å². The molecule has 24 heavy (non-hydrogen) atoms. The summed E-state index contributed by atoms with van der Waals surface area (Å²) in [6.45, 7) is 0. The van der Waals surface area contributed by atoms with E-state index < -0.39 is 10.8 Å². The normalized spacial score (nSPS) is 39.4. The highest BCUT2D eigenvalue weighted by Gasteiger charge is 2.61. The molecule has 4 heteroatoms. The molecule has 124 valence electrons. The summed E-state index contributed by atoms with van der Waals surface area (Å²) in [5.41, 5.74) is 3.01. The van der Waals surface area contributed by atoms with Crippen LogP contribution in [0.5, 0.6) is 0 Å². The topological polar surface area (TPSA) is 43.4 Å². The Balaban J connectivity index is 1.58. The first-order valence-corrected chi connectivity index (χ1v) is 9.87. The molecule has 1 aromatic rings. The third kappa shape index (κ3) is 1.78. The van der Waals surface area contributed by atoms with Gasteiger partial charge in [0.1, 0.15) is 0 Å². The van der Waals surface area contributed by atoms with Gasteiger partial charge < -0.3 is 4.74 Å². The Labute approximate surface area is 144 Å². The van der Waals surface area contributed by atoms with Crippen molar-refractivity contribution in [2.75, 3.05) is 7.11 Å². The van der Waals surface area contributed by atoms with Crippen molar-refractivity contribution in [1.29, 1.82) is 0 Å². The second-order valence-electron chi connectivity index (χ2n) is 7.32. The summed E-state index contributed by atoms with van der Waals surface area (Å²) in [5, 5.41) is -0.142. The smallest absolute Gasteiger partial charge is 0.310 e. The summed E-state index contributed by atoms with van der Waals surface area (Å²) in [4.78, 5) is 13.4. The number of rotatable bonds is 3. The first-order valence-electron chi connectivity index (χ1n) is 8.66. The van der Waals surface area contributed by atoms with Gasteiger partial charge in [0.15, 0.2) is 0 Å². The van der Waals surface area contributed by atoms with Gasteiger partial charge in [0.25, 0.3) is 0 Å². The van der Waals surface area contributed by atoms with E-state index in [4.69, 9.17) is 4.74 Å². The maximum atomic E-state index is 13.3. The molecule has 5 rings (SSSR count). The van der Waals surface area contributed by atoms with Gasteiger partial charge in [-0.3, -0.25) is 9.00 Å². The van der Waals surface area contributed by atoms with Gasteiger partial charge in [-0.2, -0.15) is 0 Å². The number of hydrogen-bond donors (Lipinski definition) is 0. The summed E-state index contributed by atoms with van der Waals surface area (Å²) in [5.74, 6) is 1.10. The van der Waals surface area contributed by atoms with E-state index in [1.807, 2.05) is 30.3 Å². The average molecular weight is 340 g/mol. The molecule has 0 spiro atoms. The fourth-order valence-corrected chi connectivity index (χ4v) is 7.52. The summed E-state index contributed by atoms with van der Waals surface area (Å²) >= 11 is 0. The van der Waals surface area contributed by atoms with Crippen LogP contribution in [0.4, 0.5) is 0 Å². The first kappa shape index (κ1) is 14.6. The van der Waals surface area contributed by atoms with Gasteiger partial charge in [-0.1, -0.05) is 41.5 Å². The summed E-state index contributed by atoms with van der Waals surface area (Å²) < 4.78 is 18.4. The van der Waals surface area contributed by atoms with E-state index in [0.717, 1.165) is 17.7 Å². The van der Waals surface area contributed by atoms with Gasteiger partial charge in [-0.25, -0.2) is 0 Å². The highest BCUT2D eigenvalue weighted by Crippen LogP contribution is 2.64. The van der Waals surface area contributed by atoms with Gasteiger partial charge in [0.2, 0.25) is 0 Å². The fraction of sp³-hybridized carbons (Fsp3) is 0.450. The largest absolute Gasteiger partial charge is 0.469 e. The van der Waals surface area contributed by atoms with Crippen LogP contribution in [0.25, 0.3) is 0 Å². The summed E-state index contributed by atoms with van der Waals surface area (Å²) in [7, 11) is 0.270. The van der Waals surface area contributed by atoms with E-state index >= 15 is 0 Å². The van der Waals surface area contributed by atoms with Gasteiger partial charge >= 0.3 is 5.97 Å². The van der Waals surface area contributed by atoms with Crippen molar-refractivity contribution >= 4 is 16.8 Å². The van der Waals surface area contributed by atoms with E-state index in [1.165, 1.54) is 18.3 Å². The maximum Gasteiger partial charge on any atom is 0.310 e. The monoisotopic (exact) mass is 340 g/mol. The molecule has 4 aliphatic rings. The van der Waals surface area contributed by atoms with Crippen molar-refractivity contribution in [2.45, 2.75) is 23.0 Å². The van der Waals surface area contributed by atoms with Crippen LogP contribution >= 0.6 is 0 Å². The van der Waals surface area contributed by atoms with E-state index in [0.29, 0.717) is 11.8 Å². The predicted molar refractivity (Wildman–Crippen MR) is 91.5 cm³/mol. The minimum Gasteiger partial charge on any atom is -0.469 e. The lowest BCUT2D eigenvalue weighted by Crippen LogP contribution is -2.39. The van der Waals surface area contributed by atoms with Crippen molar-refractivity contribution in [3.8, 4) is 0 Å². The number of carbonyl (C=O) groups excluding carboxylic acids is 1. The number of allylic oxidation sites excluding steroid dienone is 4. The Hall–Kier alpha value is -1.68. The van der Waals surface area contributed by atoms with Crippen LogP contribution in [0.1, 0.15) is 12.8 Å². The number of fused-ring (bicyclic) bond motifs is 8. The molecular formula is C20H20O3S. The summed E-state index contributed by atoms with van der Waals surface area (Å²) in [6.07, 6.45) is 6.76. The molecule has 0 N–H and O–H groups in total. The SMILES string of the molecule is COC(=O)[C@H]1[C@@H]([S@@](=O)c2ccccc2)[C@H]2C[C@H]1C1=C2[C@H]2C=C[C@H]1C2. The molecule has 1 fully saturated rings. The summed E-state index contributed by atoms with van der Waals surface area (Å²) in [6, 6.07) is 9.58. The third-order valence-corrected chi connectivity index (χ3v) is 8.26. The zero-order valence-corrected chi connectivity index (χ0v) is 14.4. The molecule has 4 aliphatic carbocycles. The van der Waals surface area contributed by atoms with Crippen LogP contribution in [0, 0.1) is 29.6 Å². The van der Waals surface area contributed by atoms with E-state index in [2.05, 4.69) is 12.2 Å². The molecule has 0 heterocycles. The zero-order chi connectivity index (χ0) is 16.4. The minimum atomic E-state index is -1.18. The Morgan fingerprint density at radius 3 is 2.38 bits per heavy atom. The van der Waals surface area contributed by atoms with Gasteiger partial charge in [0.05, 0.1) is 29.1 Å². The molecule has 7 atom stereocenters. The predicted octanol–water partition coefficient (Wildman–Crippen LogP) is 3.10. The standard InChI is InChI=1S/C20H20O3S/c1-23-20(21)18-14-10-15(17-12-8-7-11(9-12)16(14)17)19(18)24(22)13-5-3-2-4-6-13/h2-8,11-12,14-15,18-19H,9-10H2,1H3/t11-,12-,14-,15-,18+,19-,24-/m0/s1. The fourth-order valence-electron chi connectivity index (χ4n) is 5.65. The highest BCUT2D eigenvalue weighted by atomic mass is 32.2. The van der Waals surface area contributed by atoms with Crippen LogP contribution in [0.15, 0.2) is 58.5 Å². The zero-order valence-electron chi connectivity index (χ0n) is 13.6. The van der Waals surface area contributed by atoms with E-state index in [-0.39, 0.29) is 29.0 Å². The van der Waals surface area contributed by atoms with E-state index in [9.17, 15) is 9.00 Å². The van der Waals surface area contributed by atoms with Crippen molar-refractivity contribution < 1.29 is 13.7 Å². The molecule has 1 aromatic carbocycles. The Morgan fingerprint density at radius 1 is 1.04 bits per heavy atom. The Morgan fingerprint density at radius 2 is 1.71 bits per heavy atom. The number of carbonyl (C=O) groups is 1. The molecule has 0 unspecified atom stereocenters. The number of benzene rings is 1. The number of esters is 1. The quantitative estimate of drug-likeness (QED) is 0.482. The molecule has 0 amide bonds. The van der Waals surface area contributed by atoms with Crippen LogP contribution in [-0.2, 0) is 20.3 Å². The molecule has 0 saturated heterocycles. The van der Waals surface area contributed by atoms with Gasteiger partial charge in [-0.05, 0) is 48.6 Å². The highest BCUT2D eigenvalue weighted by molar-refractivity contribution is 7.85. The van der Waals surface area contributed by atoms with Gasteiger partial charge in [-0.15, -0.1) is 0 Å². The number of methoxy groups -OCH3 is 1. The number of hydrogen-bond acceptors (Lipinski definition) is 3. The average Bonchev–Trinajstić information content (AvgIpc) is 3.38. The lowest BCUT2D eigenvalue weighted by molar-refractivity contribution is -0.146. The molecule has 0 aliphatic heterocycles. The second kappa shape index (κ2) is 5.16. The minimum absolute atomic E-state index is 0.142. The number of ether oxygens (including phenoxy) is 1. The van der Waals surface area contributed by atoms with Crippen LogP contribution < -0.4 is 0 Å². The molecular weight excluding hydrogens is 320 g/mol. The molecule has 4 bridgehead atoms. The van der Waals surface area contributed by atoms with Crippen molar-refractivity contribution in [1.82, 2.24) is 0 Å². The van der Waals surface area contributed by atoms with Crippen LogP contribution in [-0.4, -0.2) is 22.5 Å². The Kier molecular flexibility index (Phi) is 3.15. The molecule has 1 saturated carbocycles. The lowest BCUT2D eigenvalue weighted by Gasteiger charge is -2.33. The molecule has 0 aromatic heterocycles. The van der Waals surface area contributed by atoms with Crippen molar-refractivity contribution in [3.05, 3.63) is 53.6 Å². The lowest BCUT2D eigenvalue weighted by atomic mass is 9.79. The van der Waals surface area contributed by atoms with Crippen LogP contribution in [0.3, 0.4) is 0 Å². The molecule has 0 radical (unpaired) electrons. The maximum absolute atomic E-state index is 13.3. The van der Waals surface area contributed by atoms with Crippen molar-refractivity contribution in [3.63, 3.8) is 0 Å². The third-order valence-electron chi connectivity index (χ3n) is 6.40. The van der Waals surface area contributed by atoms with Crippen molar-refractivity contribution in [2.24, 2.45) is 29.6 Å². The first-order chi connectivity index (χ1) is 11.7. The Bertz CT molecular complexity index is 794. The second-order valence-corrected chi connectivity index (χ2v) is 8.93. The van der Waals surface area contributed by atoms with Crippen LogP contribution in [0.2, 0.25) is 0 Å². The molecule has 3 nitrogen and oxygen atoms in total. The van der Waals surface area contributed by atoms with Gasteiger partial charge in [0, 0.05) is 4.90 Å².